The first-order valence-corrected chi connectivity index (χ1v) is 6.54. The maximum Gasteiger partial charge on any atom is 0.329 e. The van der Waals surface area contributed by atoms with Crippen LogP contribution in [0.15, 0.2) is 0 Å². The number of carboxylic acid groups (broad SMARTS) is 1. The Hall–Kier alpha value is -1.06. The van der Waals surface area contributed by atoms with Gasteiger partial charge in [-0.1, -0.05) is 27.7 Å². The van der Waals surface area contributed by atoms with E-state index in [9.17, 15) is 14.7 Å². The van der Waals surface area contributed by atoms with Crippen molar-refractivity contribution in [3.05, 3.63) is 0 Å². The number of rotatable bonds is 4. The SMILES string of the molecule is CCN(C=O)C1(C(=O)O)CC(C)(C)CC(C)(C)C1. The summed E-state index contributed by atoms with van der Waals surface area (Å²) in [6.45, 7) is 10.6. The summed E-state index contributed by atoms with van der Waals surface area (Å²) in [6.07, 6.45) is 2.70. The van der Waals surface area contributed by atoms with Crippen molar-refractivity contribution >= 4 is 12.4 Å². The standard InChI is InChI=1S/C14H25NO3/c1-6-15(10-16)14(11(17)18)8-12(2,3)7-13(4,5)9-14/h10H,6-9H2,1-5H3,(H,17,18). The van der Waals surface area contributed by atoms with Gasteiger partial charge in [0.1, 0.15) is 5.54 Å². The highest BCUT2D eigenvalue weighted by atomic mass is 16.4. The molecule has 0 saturated heterocycles. The van der Waals surface area contributed by atoms with Crippen LogP contribution in [0.3, 0.4) is 0 Å². The second kappa shape index (κ2) is 4.56. The zero-order valence-corrected chi connectivity index (χ0v) is 12.1. The lowest BCUT2D eigenvalue weighted by atomic mass is 9.58. The summed E-state index contributed by atoms with van der Waals surface area (Å²) in [6, 6.07) is 0. The lowest BCUT2D eigenvalue weighted by molar-refractivity contribution is -0.165. The summed E-state index contributed by atoms with van der Waals surface area (Å²) < 4.78 is 0. The van der Waals surface area contributed by atoms with Crippen LogP contribution < -0.4 is 0 Å². The fourth-order valence-electron chi connectivity index (χ4n) is 4.02. The van der Waals surface area contributed by atoms with Crippen LogP contribution in [0.1, 0.15) is 53.9 Å². The molecule has 0 aromatic carbocycles. The minimum absolute atomic E-state index is 0.0728. The van der Waals surface area contributed by atoms with E-state index in [0.717, 1.165) is 6.42 Å². The molecular weight excluding hydrogens is 230 g/mol. The predicted molar refractivity (Wildman–Crippen MR) is 70.2 cm³/mol. The number of hydrogen-bond acceptors (Lipinski definition) is 2. The van der Waals surface area contributed by atoms with Gasteiger partial charge in [0.15, 0.2) is 0 Å². The molecule has 4 nitrogen and oxygen atoms in total. The van der Waals surface area contributed by atoms with Gasteiger partial charge < -0.3 is 10.0 Å². The molecule has 4 heteroatoms. The highest BCUT2D eigenvalue weighted by molar-refractivity contribution is 5.82. The minimum Gasteiger partial charge on any atom is -0.479 e. The topological polar surface area (TPSA) is 57.6 Å². The van der Waals surface area contributed by atoms with Crippen molar-refractivity contribution in [3.8, 4) is 0 Å². The van der Waals surface area contributed by atoms with Crippen molar-refractivity contribution in [1.29, 1.82) is 0 Å². The molecule has 1 aliphatic rings. The Kier molecular flexibility index (Phi) is 3.80. The van der Waals surface area contributed by atoms with Crippen LogP contribution in [0.25, 0.3) is 0 Å². The first-order valence-electron chi connectivity index (χ1n) is 6.54. The van der Waals surface area contributed by atoms with E-state index in [4.69, 9.17) is 0 Å². The van der Waals surface area contributed by atoms with Crippen molar-refractivity contribution < 1.29 is 14.7 Å². The molecule has 1 fully saturated rings. The van der Waals surface area contributed by atoms with E-state index in [1.54, 1.807) is 0 Å². The molecule has 0 bridgehead atoms. The van der Waals surface area contributed by atoms with Gasteiger partial charge in [-0.25, -0.2) is 4.79 Å². The third kappa shape index (κ3) is 2.68. The van der Waals surface area contributed by atoms with Crippen molar-refractivity contribution in [2.75, 3.05) is 6.54 Å². The normalized spacial score (nSPS) is 24.3. The number of nitrogens with zero attached hydrogens (tertiary/aromatic N) is 1. The zero-order valence-electron chi connectivity index (χ0n) is 12.1. The molecule has 1 amide bonds. The average molecular weight is 255 g/mol. The molecule has 0 radical (unpaired) electrons. The molecule has 0 unspecified atom stereocenters. The molecular formula is C14H25NO3. The Balaban J connectivity index is 3.26. The average Bonchev–Trinajstić information content (AvgIpc) is 2.13. The molecule has 104 valence electrons. The molecule has 0 aromatic heterocycles. The summed E-state index contributed by atoms with van der Waals surface area (Å²) in [5.41, 5.74) is -1.20. The summed E-state index contributed by atoms with van der Waals surface area (Å²) in [5.74, 6) is -0.877. The Morgan fingerprint density at radius 1 is 1.17 bits per heavy atom. The Labute approximate surface area is 109 Å². The van der Waals surface area contributed by atoms with Gasteiger partial charge in [0, 0.05) is 6.54 Å². The first-order chi connectivity index (χ1) is 8.08. The van der Waals surface area contributed by atoms with Gasteiger partial charge in [0.25, 0.3) is 0 Å². The number of carbonyl (C=O) groups excluding carboxylic acids is 1. The summed E-state index contributed by atoms with van der Waals surface area (Å²) in [7, 11) is 0. The van der Waals surface area contributed by atoms with Crippen molar-refractivity contribution in [3.63, 3.8) is 0 Å². The predicted octanol–water partition coefficient (Wildman–Crippen LogP) is 2.52. The fraction of sp³-hybridized carbons (Fsp3) is 0.857. The van der Waals surface area contributed by atoms with Crippen LogP contribution in [0.2, 0.25) is 0 Å². The largest absolute Gasteiger partial charge is 0.479 e. The molecule has 0 aliphatic heterocycles. The quantitative estimate of drug-likeness (QED) is 0.785. The van der Waals surface area contributed by atoms with Crippen molar-refractivity contribution in [1.82, 2.24) is 4.90 Å². The van der Waals surface area contributed by atoms with Gasteiger partial charge in [-0.3, -0.25) is 4.79 Å². The summed E-state index contributed by atoms with van der Waals surface area (Å²) in [5, 5.41) is 9.69. The van der Waals surface area contributed by atoms with Crippen LogP contribution >= 0.6 is 0 Å². The molecule has 1 saturated carbocycles. The summed E-state index contributed by atoms with van der Waals surface area (Å²) in [4.78, 5) is 24.5. The van der Waals surface area contributed by atoms with E-state index >= 15 is 0 Å². The maximum absolute atomic E-state index is 11.8. The lowest BCUT2D eigenvalue weighted by Gasteiger charge is -2.53. The van der Waals surface area contributed by atoms with Gasteiger partial charge in [0.05, 0.1) is 0 Å². The van der Waals surface area contributed by atoms with Crippen LogP contribution in [-0.2, 0) is 9.59 Å². The molecule has 18 heavy (non-hydrogen) atoms. The van der Waals surface area contributed by atoms with E-state index in [1.807, 2.05) is 6.92 Å². The van der Waals surface area contributed by atoms with E-state index in [0.29, 0.717) is 25.8 Å². The molecule has 0 atom stereocenters. The van der Waals surface area contributed by atoms with Crippen LogP contribution in [-0.4, -0.2) is 34.5 Å². The summed E-state index contributed by atoms with van der Waals surface area (Å²) >= 11 is 0. The number of hydrogen-bond donors (Lipinski definition) is 1. The number of amides is 1. The van der Waals surface area contributed by atoms with Crippen molar-refractivity contribution in [2.24, 2.45) is 10.8 Å². The van der Waals surface area contributed by atoms with E-state index in [-0.39, 0.29) is 10.8 Å². The highest BCUT2D eigenvalue weighted by Crippen LogP contribution is 2.52. The third-order valence-corrected chi connectivity index (χ3v) is 3.91. The number of carbonyl (C=O) groups is 2. The first kappa shape index (κ1) is 15.0. The van der Waals surface area contributed by atoms with Gasteiger partial charge in [-0.05, 0) is 37.0 Å². The monoisotopic (exact) mass is 255 g/mol. The Bertz CT molecular complexity index is 331. The highest BCUT2D eigenvalue weighted by Gasteiger charge is 2.54. The van der Waals surface area contributed by atoms with Gasteiger partial charge >= 0.3 is 5.97 Å². The van der Waals surface area contributed by atoms with E-state index in [1.165, 1.54) is 4.90 Å². The second-order valence-corrected chi connectivity index (χ2v) is 7.09. The lowest BCUT2D eigenvalue weighted by Crippen LogP contribution is -2.61. The Morgan fingerprint density at radius 3 is 1.89 bits per heavy atom. The number of aliphatic carboxylic acids is 1. The molecule has 1 N–H and O–H groups in total. The van der Waals surface area contributed by atoms with Gasteiger partial charge in [-0.15, -0.1) is 0 Å². The van der Waals surface area contributed by atoms with E-state index < -0.39 is 11.5 Å². The second-order valence-electron chi connectivity index (χ2n) is 7.09. The van der Waals surface area contributed by atoms with Crippen LogP contribution in [0.4, 0.5) is 0 Å². The molecule has 0 aromatic rings. The van der Waals surface area contributed by atoms with Crippen LogP contribution in [0.5, 0.6) is 0 Å². The molecule has 0 spiro atoms. The zero-order chi connectivity index (χ0) is 14.2. The molecule has 0 heterocycles. The van der Waals surface area contributed by atoms with Gasteiger partial charge in [-0.2, -0.15) is 0 Å². The molecule has 1 aliphatic carbocycles. The van der Waals surface area contributed by atoms with Crippen LogP contribution in [0, 0.1) is 10.8 Å². The Morgan fingerprint density at radius 2 is 1.61 bits per heavy atom. The maximum atomic E-state index is 11.8. The third-order valence-electron chi connectivity index (χ3n) is 3.91. The number of likely N-dealkylation sites (N-methyl/N-ethyl adjacent to an activating group) is 1. The molecule has 1 rings (SSSR count). The van der Waals surface area contributed by atoms with Crippen molar-refractivity contribution in [2.45, 2.75) is 59.4 Å². The smallest absolute Gasteiger partial charge is 0.329 e. The minimum atomic E-state index is -1.05. The fourth-order valence-corrected chi connectivity index (χ4v) is 4.02. The number of carboxylic acids is 1. The van der Waals surface area contributed by atoms with E-state index in [2.05, 4.69) is 27.7 Å². The van der Waals surface area contributed by atoms with Gasteiger partial charge in [0.2, 0.25) is 6.41 Å².